The van der Waals surface area contributed by atoms with Gasteiger partial charge in [0.15, 0.2) is 0 Å². The van der Waals surface area contributed by atoms with Crippen molar-refractivity contribution in [3.8, 4) is 5.69 Å². The molecule has 4 aromatic rings. The summed E-state index contributed by atoms with van der Waals surface area (Å²) < 4.78 is 16.6. The lowest BCUT2D eigenvalue weighted by atomic mass is 10.1. The minimum absolute atomic E-state index is 0.147. The summed E-state index contributed by atoms with van der Waals surface area (Å²) in [6, 6.07) is 12.7. The molecule has 1 N–H and O–H groups in total. The summed E-state index contributed by atoms with van der Waals surface area (Å²) in [5.74, 6) is -1.12. The van der Waals surface area contributed by atoms with Crippen LogP contribution in [0.15, 0.2) is 63.5 Å². The Balaban J connectivity index is 1.79. The van der Waals surface area contributed by atoms with E-state index in [1.165, 1.54) is 22.8 Å². The van der Waals surface area contributed by atoms with Crippen molar-refractivity contribution >= 4 is 33.1 Å². The number of fused-ring (bicyclic) bond motifs is 1. The summed E-state index contributed by atoms with van der Waals surface area (Å²) in [6.07, 6.45) is 0. The Morgan fingerprint density at radius 2 is 1.83 bits per heavy atom. The number of amides is 1. The number of halogens is 1. The molecule has 30 heavy (non-hydrogen) atoms. The number of thiophene rings is 1. The molecule has 2 aromatic carbocycles. The van der Waals surface area contributed by atoms with Crippen LogP contribution in [0.25, 0.3) is 15.9 Å². The first-order valence-corrected chi connectivity index (χ1v) is 10.1. The number of carbonyl (C=O) groups excluding carboxylic acids is 1. The topological polar surface area (TPSA) is 73.1 Å². The van der Waals surface area contributed by atoms with Crippen molar-refractivity contribution in [2.75, 3.05) is 5.32 Å². The quantitative estimate of drug-likeness (QED) is 0.545. The van der Waals surface area contributed by atoms with E-state index in [9.17, 15) is 18.8 Å². The van der Waals surface area contributed by atoms with Crippen molar-refractivity contribution in [2.24, 2.45) is 0 Å². The van der Waals surface area contributed by atoms with Crippen LogP contribution in [0.1, 0.15) is 11.1 Å². The number of rotatable bonds is 4. The molecule has 0 saturated heterocycles. The van der Waals surface area contributed by atoms with Gasteiger partial charge in [0.1, 0.15) is 17.1 Å². The smallest absolute Gasteiger partial charge is 0.325 e. The molecule has 4 rings (SSSR count). The van der Waals surface area contributed by atoms with Gasteiger partial charge in [-0.1, -0.05) is 18.2 Å². The van der Waals surface area contributed by atoms with Gasteiger partial charge in [0.2, 0.25) is 5.91 Å². The van der Waals surface area contributed by atoms with E-state index in [4.69, 9.17) is 0 Å². The molecule has 1 amide bonds. The molecular formula is C22H18FN3O3S. The number of hydrogen-bond acceptors (Lipinski definition) is 4. The van der Waals surface area contributed by atoms with Crippen LogP contribution >= 0.6 is 11.3 Å². The summed E-state index contributed by atoms with van der Waals surface area (Å²) in [4.78, 5) is 38.6. The van der Waals surface area contributed by atoms with E-state index in [1.807, 2.05) is 26.0 Å². The fourth-order valence-electron chi connectivity index (χ4n) is 3.25. The Labute approximate surface area is 174 Å². The van der Waals surface area contributed by atoms with E-state index in [0.717, 1.165) is 27.0 Å². The molecule has 0 aliphatic carbocycles. The lowest BCUT2D eigenvalue weighted by molar-refractivity contribution is -0.116. The van der Waals surface area contributed by atoms with Gasteiger partial charge < -0.3 is 5.32 Å². The lowest BCUT2D eigenvalue weighted by Gasteiger charge is -2.13. The largest absolute Gasteiger partial charge is 0.336 e. The van der Waals surface area contributed by atoms with Crippen LogP contribution in [0.2, 0.25) is 0 Å². The van der Waals surface area contributed by atoms with E-state index in [2.05, 4.69) is 5.32 Å². The number of para-hydroxylation sites is 1. The SMILES string of the molecule is Cc1ccc(NC(=O)Cn2c(=O)n(-c3ccccc3F)c(=O)c3sccc32)cc1C. The van der Waals surface area contributed by atoms with Crippen LogP contribution in [-0.4, -0.2) is 15.0 Å². The summed E-state index contributed by atoms with van der Waals surface area (Å²) in [5, 5.41) is 4.43. The standard InChI is InChI=1S/C22H18FN3O3S/c1-13-7-8-15(11-14(13)2)24-19(27)12-25-18-9-10-30-20(18)21(28)26(22(25)29)17-6-4-3-5-16(17)23/h3-11H,12H2,1-2H3,(H,24,27). The number of nitrogens with zero attached hydrogens (tertiary/aromatic N) is 2. The summed E-state index contributed by atoms with van der Waals surface area (Å²) in [7, 11) is 0. The van der Waals surface area contributed by atoms with Crippen molar-refractivity contribution in [1.29, 1.82) is 0 Å². The second kappa shape index (κ2) is 7.72. The summed E-state index contributed by atoms with van der Waals surface area (Å²) in [6.45, 7) is 3.60. The first kappa shape index (κ1) is 19.8. The number of aromatic nitrogens is 2. The van der Waals surface area contributed by atoms with Crippen LogP contribution in [-0.2, 0) is 11.3 Å². The molecule has 0 spiro atoms. The normalized spacial score (nSPS) is 11.0. The maximum absolute atomic E-state index is 14.3. The number of aryl methyl sites for hydroxylation is 2. The van der Waals surface area contributed by atoms with Crippen LogP contribution in [0.4, 0.5) is 10.1 Å². The number of anilines is 1. The highest BCUT2D eigenvalue weighted by molar-refractivity contribution is 7.17. The highest BCUT2D eigenvalue weighted by Gasteiger charge is 2.19. The van der Waals surface area contributed by atoms with Crippen molar-refractivity contribution in [1.82, 2.24) is 9.13 Å². The molecule has 0 unspecified atom stereocenters. The number of carbonyl (C=O) groups is 1. The van der Waals surface area contributed by atoms with E-state index in [-0.39, 0.29) is 16.9 Å². The van der Waals surface area contributed by atoms with Crippen molar-refractivity contribution in [3.05, 3.63) is 91.7 Å². The van der Waals surface area contributed by atoms with E-state index >= 15 is 0 Å². The fourth-order valence-corrected chi connectivity index (χ4v) is 4.07. The molecule has 0 saturated carbocycles. The van der Waals surface area contributed by atoms with Crippen molar-refractivity contribution in [3.63, 3.8) is 0 Å². The minimum Gasteiger partial charge on any atom is -0.325 e. The molecule has 0 aliphatic rings. The predicted molar refractivity (Wildman–Crippen MR) is 116 cm³/mol. The van der Waals surface area contributed by atoms with Gasteiger partial charge in [-0.15, -0.1) is 11.3 Å². The summed E-state index contributed by atoms with van der Waals surface area (Å²) in [5.41, 5.74) is 1.55. The van der Waals surface area contributed by atoms with Gasteiger partial charge in [0.25, 0.3) is 5.56 Å². The zero-order valence-corrected chi connectivity index (χ0v) is 17.1. The van der Waals surface area contributed by atoms with E-state index < -0.39 is 23.0 Å². The maximum atomic E-state index is 14.3. The Morgan fingerprint density at radius 1 is 1.07 bits per heavy atom. The maximum Gasteiger partial charge on any atom is 0.336 e. The van der Waals surface area contributed by atoms with Gasteiger partial charge in [-0.3, -0.25) is 14.2 Å². The summed E-state index contributed by atoms with van der Waals surface area (Å²) >= 11 is 1.14. The molecule has 2 heterocycles. The van der Waals surface area contributed by atoms with Crippen LogP contribution in [0.3, 0.4) is 0 Å². The molecule has 6 nitrogen and oxygen atoms in total. The van der Waals surface area contributed by atoms with E-state index in [1.54, 1.807) is 23.6 Å². The molecule has 0 radical (unpaired) electrons. The predicted octanol–water partition coefficient (Wildman–Crippen LogP) is 3.61. The van der Waals surface area contributed by atoms with Gasteiger partial charge in [0, 0.05) is 5.69 Å². The Bertz CT molecular complexity index is 1400. The minimum atomic E-state index is -0.772. The second-order valence-corrected chi connectivity index (χ2v) is 7.86. The molecule has 0 bridgehead atoms. The number of nitrogens with one attached hydrogen (secondary N) is 1. The van der Waals surface area contributed by atoms with Gasteiger partial charge in [-0.25, -0.2) is 13.8 Å². The average Bonchev–Trinajstić information content (AvgIpc) is 3.20. The third-order valence-electron chi connectivity index (χ3n) is 4.94. The number of hydrogen-bond donors (Lipinski definition) is 1. The highest BCUT2D eigenvalue weighted by atomic mass is 32.1. The third kappa shape index (κ3) is 3.46. The fraction of sp³-hybridized carbons (Fsp3) is 0.136. The van der Waals surface area contributed by atoms with Crippen molar-refractivity contribution in [2.45, 2.75) is 20.4 Å². The van der Waals surface area contributed by atoms with Gasteiger partial charge in [-0.2, -0.15) is 0 Å². The molecule has 0 atom stereocenters. The Hall–Kier alpha value is -3.52. The molecular weight excluding hydrogens is 405 g/mol. The van der Waals surface area contributed by atoms with Gasteiger partial charge in [-0.05, 0) is 60.7 Å². The van der Waals surface area contributed by atoms with E-state index in [0.29, 0.717) is 11.2 Å². The first-order valence-electron chi connectivity index (χ1n) is 9.22. The molecule has 0 fully saturated rings. The first-order chi connectivity index (χ1) is 14.4. The highest BCUT2D eigenvalue weighted by Crippen LogP contribution is 2.18. The molecule has 2 aromatic heterocycles. The van der Waals surface area contributed by atoms with Crippen LogP contribution in [0, 0.1) is 19.7 Å². The van der Waals surface area contributed by atoms with Crippen LogP contribution < -0.4 is 16.6 Å². The number of benzene rings is 2. The molecule has 8 heteroatoms. The monoisotopic (exact) mass is 423 g/mol. The van der Waals surface area contributed by atoms with Gasteiger partial charge >= 0.3 is 5.69 Å². The Morgan fingerprint density at radius 3 is 2.57 bits per heavy atom. The second-order valence-electron chi connectivity index (χ2n) is 6.94. The van der Waals surface area contributed by atoms with Gasteiger partial charge in [0.05, 0.1) is 11.2 Å². The Kier molecular flexibility index (Phi) is 5.09. The lowest BCUT2D eigenvalue weighted by Crippen LogP contribution is -2.40. The average molecular weight is 423 g/mol. The zero-order valence-electron chi connectivity index (χ0n) is 16.3. The zero-order chi connectivity index (χ0) is 21.4. The molecule has 152 valence electrons. The third-order valence-corrected chi connectivity index (χ3v) is 5.83. The molecule has 0 aliphatic heterocycles. The van der Waals surface area contributed by atoms with Crippen LogP contribution in [0.5, 0.6) is 0 Å². The van der Waals surface area contributed by atoms with Crippen molar-refractivity contribution < 1.29 is 9.18 Å².